The van der Waals surface area contributed by atoms with Crippen molar-refractivity contribution in [2.24, 2.45) is 4.99 Å². The van der Waals surface area contributed by atoms with Gasteiger partial charge in [0.1, 0.15) is 6.23 Å². The van der Waals surface area contributed by atoms with Crippen LogP contribution in [0.5, 0.6) is 0 Å². The standard InChI is InChI=1S/C27H31N3O/c1-4-19-8-7-18(15-20(19)5-2)16-25-27(31)30-24-13-6-17(3)14-23(24)26(29-25)21-9-11-22(28)12-10-21/h6-15,25,27,30-31H,4-5,16,28H2,1-3H3. The van der Waals surface area contributed by atoms with Crippen molar-refractivity contribution in [3.8, 4) is 0 Å². The molecular weight excluding hydrogens is 382 g/mol. The number of hydrogen-bond acceptors (Lipinski definition) is 4. The van der Waals surface area contributed by atoms with Crippen LogP contribution in [0, 0.1) is 6.92 Å². The molecule has 0 aliphatic carbocycles. The summed E-state index contributed by atoms with van der Waals surface area (Å²) in [5.74, 6) is 0. The summed E-state index contributed by atoms with van der Waals surface area (Å²) < 4.78 is 0. The maximum atomic E-state index is 11.0. The van der Waals surface area contributed by atoms with Gasteiger partial charge in [-0.3, -0.25) is 4.99 Å². The van der Waals surface area contributed by atoms with Gasteiger partial charge in [-0.05, 0) is 67.1 Å². The molecule has 4 heteroatoms. The molecule has 0 amide bonds. The van der Waals surface area contributed by atoms with Crippen LogP contribution in [-0.4, -0.2) is 23.1 Å². The van der Waals surface area contributed by atoms with Crippen molar-refractivity contribution in [3.63, 3.8) is 0 Å². The molecule has 0 radical (unpaired) electrons. The fraction of sp³-hybridized carbons (Fsp3) is 0.296. The number of aliphatic hydroxyl groups excluding tert-OH is 1. The number of nitrogens with two attached hydrogens (primary N) is 1. The van der Waals surface area contributed by atoms with Crippen LogP contribution >= 0.6 is 0 Å². The number of rotatable bonds is 5. The Labute approximate surface area is 184 Å². The van der Waals surface area contributed by atoms with Gasteiger partial charge in [0.2, 0.25) is 0 Å². The first kappa shape index (κ1) is 21.1. The number of nitrogens with zero attached hydrogens (tertiary/aromatic N) is 1. The number of aryl methyl sites for hydroxylation is 3. The maximum absolute atomic E-state index is 11.0. The van der Waals surface area contributed by atoms with Gasteiger partial charge in [0.05, 0.1) is 11.8 Å². The molecule has 1 aliphatic heterocycles. The van der Waals surface area contributed by atoms with Crippen LogP contribution in [0.1, 0.15) is 47.2 Å². The van der Waals surface area contributed by atoms with Gasteiger partial charge in [0.15, 0.2) is 0 Å². The molecule has 0 fully saturated rings. The molecule has 0 saturated carbocycles. The zero-order chi connectivity index (χ0) is 22.0. The minimum Gasteiger partial charge on any atom is -0.399 e. The second-order valence-corrected chi connectivity index (χ2v) is 8.32. The minimum atomic E-state index is -0.774. The quantitative estimate of drug-likeness (QED) is 0.521. The van der Waals surface area contributed by atoms with E-state index in [1.54, 1.807) is 0 Å². The Hall–Kier alpha value is -3.11. The zero-order valence-corrected chi connectivity index (χ0v) is 18.5. The highest BCUT2D eigenvalue weighted by Gasteiger charge is 2.26. The monoisotopic (exact) mass is 413 g/mol. The van der Waals surface area contributed by atoms with E-state index < -0.39 is 6.23 Å². The number of anilines is 2. The second-order valence-electron chi connectivity index (χ2n) is 8.32. The first-order valence-corrected chi connectivity index (χ1v) is 11.1. The van der Waals surface area contributed by atoms with Gasteiger partial charge >= 0.3 is 0 Å². The summed E-state index contributed by atoms with van der Waals surface area (Å²) in [5, 5.41) is 14.3. The molecule has 0 spiro atoms. The molecule has 31 heavy (non-hydrogen) atoms. The molecule has 160 valence electrons. The van der Waals surface area contributed by atoms with Crippen LogP contribution in [0.15, 0.2) is 65.7 Å². The van der Waals surface area contributed by atoms with E-state index in [0.29, 0.717) is 6.42 Å². The molecule has 2 atom stereocenters. The Morgan fingerprint density at radius 2 is 1.68 bits per heavy atom. The third-order valence-corrected chi connectivity index (χ3v) is 6.05. The molecule has 0 saturated heterocycles. The summed E-state index contributed by atoms with van der Waals surface area (Å²) in [4.78, 5) is 5.10. The summed E-state index contributed by atoms with van der Waals surface area (Å²) in [6.07, 6.45) is 1.93. The van der Waals surface area contributed by atoms with E-state index in [0.717, 1.165) is 46.6 Å². The molecule has 3 aromatic rings. The summed E-state index contributed by atoms with van der Waals surface area (Å²) >= 11 is 0. The van der Waals surface area contributed by atoms with E-state index in [2.05, 4.69) is 56.4 Å². The lowest BCUT2D eigenvalue weighted by atomic mass is 9.96. The summed E-state index contributed by atoms with van der Waals surface area (Å²) in [5.41, 5.74) is 15.5. The van der Waals surface area contributed by atoms with Crippen molar-refractivity contribution in [2.75, 3.05) is 11.1 Å². The first-order chi connectivity index (χ1) is 15.0. The van der Waals surface area contributed by atoms with Crippen LogP contribution in [0.4, 0.5) is 11.4 Å². The molecule has 1 heterocycles. The minimum absolute atomic E-state index is 0.308. The average molecular weight is 414 g/mol. The van der Waals surface area contributed by atoms with E-state index in [4.69, 9.17) is 10.7 Å². The molecule has 4 nitrogen and oxygen atoms in total. The number of nitrogen functional groups attached to an aromatic ring is 1. The van der Waals surface area contributed by atoms with Crippen LogP contribution in [-0.2, 0) is 19.3 Å². The molecule has 2 unspecified atom stereocenters. The van der Waals surface area contributed by atoms with E-state index >= 15 is 0 Å². The van der Waals surface area contributed by atoms with Gasteiger partial charge in [-0.15, -0.1) is 0 Å². The Balaban J connectivity index is 1.77. The van der Waals surface area contributed by atoms with Gasteiger partial charge in [-0.2, -0.15) is 0 Å². The van der Waals surface area contributed by atoms with Crippen molar-refractivity contribution in [2.45, 2.75) is 52.3 Å². The predicted molar refractivity (Wildman–Crippen MR) is 130 cm³/mol. The molecule has 0 aromatic heterocycles. The lowest BCUT2D eigenvalue weighted by Gasteiger charge is -2.20. The molecule has 1 aliphatic rings. The van der Waals surface area contributed by atoms with Crippen LogP contribution < -0.4 is 11.1 Å². The Kier molecular flexibility index (Phi) is 6.10. The number of aliphatic hydroxyl groups is 1. The number of fused-ring (bicyclic) bond motifs is 1. The third-order valence-electron chi connectivity index (χ3n) is 6.05. The third kappa shape index (κ3) is 4.49. The largest absolute Gasteiger partial charge is 0.399 e. The van der Waals surface area contributed by atoms with Crippen LogP contribution in [0.2, 0.25) is 0 Å². The highest BCUT2D eigenvalue weighted by atomic mass is 16.3. The van der Waals surface area contributed by atoms with Gasteiger partial charge < -0.3 is 16.2 Å². The Morgan fingerprint density at radius 1 is 0.935 bits per heavy atom. The zero-order valence-electron chi connectivity index (χ0n) is 18.5. The van der Waals surface area contributed by atoms with Crippen molar-refractivity contribution in [3.05, 3.63) is 94.0 Å². The predicted octanol–water partition coefficient (Wildman–Crippen LogP) is 4.89. The van der Waals surface area contributed by atoms with Gasteiger partial charge in [0, 0.05) is 22.5 Å². The van der Waals surface area contributed by atoms with Crippen LogP contribution in [0.25, 0.3) is 0 Å². The van der Waals surface area contributed by atoms with Gasteiger partial charge in [0.25, 0.3) is 0 Å². The SMILES string of the molecule is CCc1ccc(CC2N=C(c3ccc(N)cc3)c3cc(C)ccc3NC2O)cc1CC. The van der Waals surface area contributed by atoms with Gasteiger partial charge in [-0.25, -0.2) is 0 Å². The first-order valence-electron chi connectivity index (χ1n) is 11.1. The lowest BCUT2D eigenvalue weighted by molar-refractivity contribution is 0.173. The van der Waals surface area contributed by atoms with E-state index in [1.807, 2.05) is 30.3 Å². The molecule has 4 rings (SSSR count). The summed E-state index contributed by atoms with van der Waals surface area (Å²) in [7, 11) is 0. The fourth-order valence-corrected chi connectivity index (χ4v) is 4.29. The lowest BCUT2D eigenvalue weighted by Crippen LogP contribution is -2.33. The highest BCUT2D eigenvalue weighted by Crippen LogP contribution is 2.28. The molecule has 4 N–H and O–H groups in total. The Bertz CT molecular complexity index is 1100. The number of hydrogen-bond donors (Lipinski definition) is 3. The van der Waals surface area contributed by atoms with E-state index in [1.165, 1.54) is 16.7 Å². The topological polar surface area (TPSA) is 70.6 Å². The Morgan fingerprint density at radius 3 is 2.39 bits per heavy atom. The summed E-state index contributed by atoms with van der Waals surface area (Å²) in [6, 6.07) is 20.3. The van der Waals surface area contributed by atoms with E-state index in [-0.39, 0.29) is 6.04 Å². The molecule has 0 bridgehead atoms. The molecule has 3 aromatic carbocycles. The van der Waals surface area contributed by atoms with E-state index in [9.17, 15) is 5.11 Å². The fourth-order valence-electron chi connectivity index (χ4n) is 4.29. The number of nitrogens with one attached hydrogen (secondary N) is 1. The smallest absolute Gasteiger partial charge is 0.147 e. The van der Waals surface area contributed by atoms with Crippen LogP contribution in [0.3, 0.4) is 0 Å². The van der Waals surface area contributed by atoms with Gasteiger partial charge in [-0.1, -0.05) is 55.8 Å². The maximum Gasteiger partial charge on any atom is 0.147 e. The normalized spacial score (nSPS) is 18.0. The number of benzodiazepines with no additional fused rings is 1. The number of benzene rings is 3. The second kappa shape index (κ2) is 8.94. The summed E-state index contributed by atoms with van der Waals surface area (Å²) in [6.45, 7) is 6.45. The van der Waals surface area contributed by atoms with Crippen molar-refractivity contribution in [1.29, 1.82) is 0 Å². The van der Waals surface area contributed by atoms with Crippen molar-refractivity contribution >= 4 is 17.1 Å². The highest BCUT2D eigenvalue weighted by molar-refractivity contribution is 6.16. The van der Waals surface area contributed by atoms with Crippen molar-refractivity contribution in [1.82, 2.24) is 0 Å². The molecular formula is C27H31N3O. The number of aliphatic imine (C=N–C) groups is 1. The average Bonchev–Trinajstić information content (AvgIpc) is 2.90. The van der Waals surface area contributed by atoms with Crippen molar-refractivity contribution < 1.29 is 5.11 Å².